The number of carbonyl (C=O) groups is 1. The second kappa shape index (κ2) is 5.29. The molecule has 0 unspecified atom stereocenters. The third-order valence-electron chi connectivity index (χ3n) is 2.92. The van der Waals surface area contributed by atoms with Crippen LogP contribution in [-0.4, -0.2) is 44.7 Å². The molecule has 1 aromatic heterocycles. The fraction of sp³-hybridized carbons (Fsp3) is 0.636. The molecule has 0 aromatic carbocycles. The van der Waals surface area contributed by atoms with Crippen molar-refractivity contribution in [2.75, 3.05) is 13.2 Å². The van der Waals surface area contributed by atoms with E-state index in [9.17, 15) is 15.0 Å². The highest BCUT2D eigenvalue weighted by Crippen LogP contribution is 2.12. The summed E-state index contributed by atoms with van der Waals surface area (Å²) < 4.78 is 1.55. The number of aryl methyl sites for hydroxylation is 2. The Morgan fingerprint density at radius 3 is 2.47 bits per heavy atom. The van der Waals surface area contributed by atoms with Gasteiger partial charge in [0.15, 0.2) is 0 Å². The summed E-state index contributed by atoms with van der Waals surface area (Å²) in [5.41, 5.74) is 0.0948. The van der Waals surface area contributed by atoms with Crippen molar-refractivity contribution in [2.24, 2.45) is 7.05 Å². The molecule has 1 rings (SSSR count). The van der Waals surface area contributed by atoms with E-state index in [0.29, 0.717) is 17.7 Å². The standard InChI is InChI=1S/C11H19N3O3/c1-4-11(6-15,7-16)12-10(17)9-5-14(3)13-8(9)2/h5,15-16H,4,6-7H2,1-3H3,(H,12,17). The minimum absolute atomic E-state index is 0.301. The molecule has 6 heteroatoms. The van der Waals surface area contributed by atoms with E-state index >= 15 is 0 Å². The quantitative estimate of drug-likeness (QED) is 0.654. The van der Waals surface area contributed by atoms with Crippen LogP contribution >= 0.6 is 0 Å². The van der Waals surface area contributed by atoms with Crippen LogP contribution in [0.3, 0.4) is 0 Å². The van der Waals surface area contributed by atoms with Crippen molar-refractivity contribution in [1.29, 1.82) is 0 Å². The number of carbonyl (C=O) groups excluding carboxylic acids is 1. The maximum absolute atomic E-state index is 12.0. The number of amides is 1. The van der Waals surface area contributed by atoms with Crippen molar-refractivity contribution >= 4 is 5.91 Å². The third-order valence-corrected chi connectivity index (χ3v) is 2.92. The maximum atomic E-state index is 12.0. The summed E-state index contributed by atoms with van der Waals surface area (Å²) >= 11 is 0. The molecular formula is C11H19N3O3. The number of hydrogen-bond donors (Lipinski definition) is 3. The number of aliphatic hydroxyl groups is 2. The molecule has 17 heavy (non-hydrogen) atoms. The summed E-state index contributed by atoms with van der Waals surface area (Å²) in [7, 11) is 1.73. The normalized spacial score (nSPS) is 11.6. The van der Waals surface area contributed by atoms with Gasteiger partial charge in [0.1, 0.15) is 0 Å². The van der Waals surface area contributed by atoms with E-state index in [0.717, 1.165) is 0 Å². The summed E-state index contributed by atoms with van der Waals surface area (Å²) in [6.07, 6.45) is 2.06. The van der Waals surface area contributed by atoms with Crippen LogP contribution in [0.15, 0.2) is 6.20 Å². The molecule has 1 heterocycles. The Morgan fingerprint density at radius 2 is 2.12 bits per heavy atom. The predicted molar refractivity (Wildman–Crippen MR) is 62.6 cm³/mol. The van der Waals surface area contributed by atoms with Crippen molar-refractivity contribution < 1.29 is 15.0 Å². The van der Waals surface area contributed by atoms with Gasteiger partial charge in [-0.1, -0.05) is 6.92 Å². The molecule has 1 amide bonds. The molecule has 0 aliphatic heterocycles. The molecule has 0 radical (unpaired) electrons. The molecule has 6 nitrogen and oxygen atoms in total. The Morgan fingerprint density at radius 1 is 1.53 bits per heavy atom. The lowest BCUT2D eigenvalue weighted by atomic mass is 9.98. The van der Waals surface area contributed by atoms with Gasteiger partial charge in [0.2, 0.25) is 0 Å². The zero-order valence-corrected chi connectivity index (χ0v) is 10.4. The Kier molecular flexibility index (Phi) is 4.25. The average molecular weight is 241 g/mol. The Labute approximate surface area is 100 Å². The highest BCUT2D eigenvalue weighted by atomic mass is 16.3. The van der Waals surface area contributed by atoms with Crippen molar-refractivity contribution in [3.05, 3.63) is 17.5 Å². The van der Waals surface area contributed by atoms with Gasteiger partial charge in [-0.3, -0.25) is 9.48 Å². The molecule has 0 atom stereocenters. The summed E-state index contributed by atoms with van der Waals surface area (Å²) in [6.45, 7) is 2.93. The van der Waals surface area contributed by atoms with Gasteiger partial charge < -0.3 is 15.5 Å². The van der Waals surface area contributed by atoms with E-state index in [1.165, 1.54) is 0 Å². The van der Waals surface area contributed by atoms with Gasteiger partial charge >= 0.3 is 0 Å². The molecule has 1 aromatic rings. The van der Waals surface area contributed by atoms with Gasteiger partial charge in [-0.05, 0) is 13.3 Å². The molecule has 0 fully saturated rings. The predicted octanol–water partition coefficient (Wildman–Crippen LogP) is -0.408. The molecule has 0 spiro atoms. The zero-order chi connectivity index (χ0) is 13.1. The molecule has 3 N–H and O–H groups in total. The first-order valence-electron chi connectivity index (χ1n) is 5.52. The number of nitrogens with one attached hydrogen (secondary N) is 1. The highest BCUT2D eigenvalue weighted by molar-refractivity contribution is 5.95. The first kappa shape index (κ1) is 13.7. The number of aromatic nitrogens is 2. The van der Waals surface area contributed by atoms with Gasteiger partial charge in [-0.15, -0.1) is 0 Å². The summed E-state index contributed by atoms with van der Waals surface area (Å²) in [6, 6.07) is 0. The SMILES string of the molecule is CCC(CO)(CO)NC(=O)c1cn(C)nc1C. The van der Waals surface area contributed by atoms with Crippen molar-refractivity contribution in [2.45, 2.75) is 25.8 Å². The van der Waals surface area contributed by atoms with Crippen molar-refractivity contribution in [3.63, 3.8) is 0 Å². The molecule has 0 aliphatic rings. The Balaban J connectivity index is 2.88. The zero-order valence-electron chi connectivity index (χ0n) is 10.4. The Bertz CT molecular complexity index is 388. The van der Waals surface area contributed by atoms with E-state index in [1.807, 2.05) is 0 Å². The smallest absolute Gasteiger partial charge is 0.255 e. The summed E-state index contributed by atoms with van der Waals surface area (Å²) in [5, 5.41) is 25.2. The number of hydrogen-bond acceptors (Lipinski definition) is 4. The topological polar surface area (TPSA) is 87.4 Å². The van der Waals surface area contributed by atoms with Crippen LogP contribution in [0.25, 0.3) is 0 Å². The fourth-order valence-corrected chi connectivity index (χ4v) is 1.57. The number of nitrogens with zero attached hydrogens (tertiary/aromatic N) is 2. The molecule has 0 saturated heterocycles. The summed E-state index contributed by atoms with van der Waals surface area (Å²) in [5.74, 6) is -0.333. The minimum Gasteiger partial charge on any atom is -0.394 e. The van der Waals surface area contributed by atoms with Gasteiger partial charge in [0.25, 0.3) is 5.91 Å². The minimum atomic E-state index is -0.973. The summed E-state index contributed by atoms with van der Waals surface area (Å²) in [4.78, 5) is 12.0. The van der Waals surface area contributed by atoms with Crippen LogP contribution in [-0.2, 0) is 7.05 Å². The van der Waals surface area contributed by atoms with Crippen molar-refractivity contribution in [1.82, 2.24) is 15.1 Å². The number of aliphatic hydroxyl groups excluding tert-OH is 2. The van der Waals surface area contributed by atoms with E-state index < -0.39 is 5.54 Å². The van der Waals surface area contributed by atoms with Gasteiger partial charge in [-0.2, -0.15) is 5.10 Å². The van der Waals surface area contributed by atoms with Crippen LogP contribution in [0.5, 0.6) is 0 Å². The highest BCUT2D eigenvalue weighted by Gasteiger charge is 2.29. The fourth-order valence-electron chi connectivity index (χ4n) is 1.57. The molecule has 96 valence electrons. The lowest BCUT2D eigenvalue weighted by molar-refractivity contribution is 0.0652. The van der Waals surface area contributed by atoms with Gasteiger partial charge in [-0.25, -0.2) is 0 Å². The largest absolute Gasteiger partial charge is 0.394 e. The second-order valence-electron chi connectivity index (χ2n) is 4.21. The van der Waals surface area contributed by atoms with Gasteiger partial charge in [0.05, 0.1) is 30.0 Å². The van der Waals surface area contributed by atoms with Crippen LogP contribution in [0.2, 0.25) is 0 Å². The Hall–Kier alpha value is -1.40. The average Bonchev–Trinajstić information content (AvgIpc) is 2.65. The van der Waals surface area contributed by atoms with E-state index in [-0.39, 0.29) is 19.1 Å². The molecule has 0 aliphatic carbocycles. The van der Waals surface area contributed by atoms with E-state index in [4.69, 9.17) is 0 Å². The van der Waals surface area contributed by atoms with Crippen LogP contribution in [0, 0.1) is 6.92 Å². The monoisotopic (exact) mass is 241 g/mol. The van der Waals surface area contributed by atoms with E-state index in [2.05, 4.69) is 10.4 Å². The van der Waals surface area contributed by atoms with Gasteiger partial charge in [0, 0.05) is 13.2 Å². The second-order valence-corrected chi connectivity index (χ2v) is 4.21. The molecule has 0 saturated carbocycles. The lowest BCUT2D eigenvalue weighted by Gasteiger charge is -2.29. The first-order chi connectivity index (χ1) is 7.98. The molecular weight excluding hydrogens is 222 g/mol. The maximum Gasteiger partial charge on any atom is 0.255 e. The first-order valence-corrected chi connectivity index (χ1v) is 5.52. The third kappa shape index (κ3) is 2.83. The van der Waals surface area contributed by atoms with Crippen molar-refractivity contribution in [3.8, 4) is 0 Å². The number of rotatable bonds is 5. The van der Waals surface area contributed by atoms with Crippen LogP contribution < -0.4 is 5.32 Å². The van der Waals surface area contributed by atoms with Crippen LogP contribution in [0.1, 0.15) is 29.4 Å². The lowest BCUT2D eigenvalue weighted by Crippen LogP contribution is -2.53. The van der Waals surface area contributed by atoms with E-state index in [1.54, 1.807) is 31.8 Å². The van der Waals surface area contributed by atoms with Crippen LogP contribution in [0.4, 0.5) is 0 Å². The molecule has 0 bridgehead atoms.